The summed E-state index contributed by atoms with van der Waals surface area (Å²) in [7, 11) is 4.22. The Morgan fingerprint density at radius 2 is 1.83 bits per heavy atom. The summed E-state index contributed by atoms with van der Waals surface area (Å²) >= 11 is 0. The normalized spacial score (nSPS) is 23.7. The Morgan fingerprint density at radius 1 is 1.10 bits per heavy atom. The number of ether oxygens (including phenoxy) is 2. The fourth-order valence-corrected chi connectivity index (χ4v) is 5.16. The fraction of sp³-hybridized carbons (Fsp3) is 0.667. The second-order valence-corrected chi connectivity index (χ2v) is 9.27. The summed E-state index contributed by atoms with van der Waals surface area (Å²) in [5, 5.41) is 0. The Bertz CT molecular complexity index is 728. The molecule has 2 atom stereocenters. The van der Waals surface area contributed by atoms with Crippen LogP contribution in [0.1, 0.15) is 69.3 Å². The molecule has 0 spiro atoms. The Hall–Kier alpha value is -1.92. The molecule has 6 nitrogen and oxygen atoms in total. The van der Waals surface area contributed by atoms with Crippen molar-refractivity contribution in [3.8, 4) is 5.75 Å². The minimum Gasteiger partial charge on any atom is -0.395 e. The van der Waals surface area contributed by atoms with Gasteiger partial charge in [0.25, 0.3) is 0 Å². The number of carbonyl (C=O) groups is 2. The lowest BCUT2D eigenvalue weighted by Gasteiger charge is -2.34. The molecule has 166 valence electrons. The van der Waals surface area contributed by atoms with Gasteiger partial charge in [0.1, 0.15) is 5.75 Å². The zero-order chi connectivity index (χ0) is 21.6. The number of nitrogens with two attached hydrogens (primary N) is 1. The van der Waals surface area contributed by atoms with Crippen molar-refractivity contribution in [3.05, 3.63) is 29.8 Å². The lowest BCUT2D eigenvalue weighted by molar-refractivity contribution is -0.152. The van der Waals surface area contributed by atoms with E-state index in [1.807, 2.05) is 12.1 Å². The molecule has 0 saturated heterocycles. The molecule has 0 aliphatic heterocycles. The third kappa shape index (κ3) is 5.61. The highest BCUT2D eigenvalue weighted by molar-refractivity contribution is 5.87. The predicted octanol–water partition coefficient (Wildman–Crippen LogP) is 4.47. The summed E-state index contributed by atoms with van der Waals surface area (Å²) in [4.78, 5) is 27.2. The van der Waals surface area contributed by atoms with Gasteiger partial charge >= 0.3 is 12.1 Å². The van der Waals surface area contributed by atoms with Crippen LogP contribution >= 0.6 is 0 Å². The van der Waals surface area contributed by atoms with Crippen molar-refractivity contribution in [1.29, 1.82) is 0 Å². The zero-order valence-corrected chi connectivity index (χ0v) is 18.4. The number of hydrogen-bond acceptors (Lipinski definition) is 6. The second kappa shape index (κ2) is 10.4. The molecule has 0 amide bonds. The van der Waals surface area contributed by atoms with E-state index in [-0.39, 0.29) is 6.54 Å². The standard InChI is InChI=1S/C24H36N2O4/c1-26(2)16-19-9-4-5-12-21(19)18-10-8-11-20(15-18)29-23(28)30-22(27)24(17-25)13-6-3-7-14-24/h8,10-11,15,19,21H,3-7,9,12-14,16-17,25H2,1-2H3. The SMILES string of the molecule is CN(C)CC1CCCCC1c1cccc(OC(=O)OC(=O)C2(CN)CCCCC2)c1. The van der Waals surface area contributed by atoms with Crippen LogP contribution in [0.15, 0.2) is 24.3 Å². The minimum atomic E-state index is -0.968. The van der Waals surface area contributed by atoms with Gasteiger partial charge in [-0.1, -0.05) is 44.2 Å². The summed E-state index contributed by atoms with van der Waals surface area (Å²) < 4.78 is 10.4. The molecule has 2 unspecified atom stereocenters. The summed E-state index contributed by atoms with van der Waals surface area (Å²) in [6.45, 7) is 1.25. The van der Waals surface area contributed by atoms with E-state index in [1.165, 1.54) is 24.8 Å². The van der Waals surface area contributed by atoms with E-state index in [1.54, 1.807) is 6.07 Å². The van der Waals surface area contributed by atoms with Crippen LogP contribution in [0.2, 0.25) is 0 Å². The van der Waals surface area contributed by atoms with E-state index in [9.17, 15) is 9.59 Å². The molecule has 2 aliphatic carbocycles. The van der Waals surface area contributed by atoms with Crippen LogP contribution < -0.4 is 10.5 Å². The van der Waals surface area contributed by atoms with Crippen molar-refractivity contribution < 1.29 is 19.1 Å². The van der Waals surface area contributed by atoms with Gasteiger partial charge in [-0.05, 0) is 69.3 Å². The monoisotopic (exact) mass is 416 g/mol. The van der Waals surface area contributed by atoms with E-state index in [0.717, 1.165) is 32.2 Å². The first-order valence-electron chi connectivity index (χ1n) is 11.3. The maximum atomic E-state index is 12.6. The second-order valence-electron chi connectivity index (χ2n) is 9.27. The van der Waals surface area contributed by atoms with Crippen molar-refractivity contribution in [2.24, 2.45) is 17.1 Å². The summed E-state index contributed by atoms with van der Waals surface area (Å²) in [5.74, 6) is 0.910. The van der Waals surface area contributed by atoms with Crippen LogP contribution in [0.4, 0.5) is 4.79 Å². The van der Waals surface area contributed by atoms with Crippen LogP contribution in [0, 0.1) is 11.3 Å². The number of carbonyl (C=O) groups excluding carboxylic acids is 2. The molecule has 0 radical (unpaired) electrons. The van der Waals surface area contributed by atoms with Gasteiger partial charge in [0.05, 0.1) is 5.41 Å². The highest BCUT2D eigenvalue weighted by Crippen LogP contribution is 2.39. The van der Waals surface area contributed by atoms with Gasteiger partial charge in [0, 0.05) is 13.1 Å². The average Bonchev–Trinajstić information content (AvgIpc) is 2.74. The van der Waals surface area contributed by atoms with E-state index in [0.29, 0.717) is 30.4 Å². The molecular formula is C24H36N2O4. The smallest absolute Gasteiger partial charge is 0.395 e. The molecule has 2 fully saturated rings. The van der Waals surface area contributed by atoms with Crippen molar-refractivity contribution in [2.75, 3.05) is 27.2 Å². The van der Waals surface area contributed by atoms with Crippen molar-refractivity contribution in [3.63, 3.8) is 0 Å². The largest absolute Gasteiger partial charge is 0.521 e. The molecule has 0 bridgehead atoms. The molecule has 1 aromatic rings. The number of nitrogens with zero attached hydrogens (tertiary/aromatic N) is 1. The maximum absolute atomic E-state index is 12.6. The molecule has 2 aliphatic rings. The van der Waals surface area contributed by atoms with E-state index < -0.39 is 17.5 Å². The topological polar surface area (TPSA) is 81.9 Å². The van der Waals surface area contributed by atoms with Gasteiger partial charge in [0.15, 0.2) is 0 Å². The lowest BCUT2D eigenvalue weighted by atomic mass is 9.74. The number of benzene rings is 1. The fourth-order valence-electron chi connectivity index (χ4n) is 5.16. The third-order valence-electron chi connectivity index (χ3n) is 6.81. The zero-order valence-electron chi connectivity index (χ0n) is 18.4. The number of hydrogen-bond donors (Lipinski definition) is 1. The van der Waals surface area contributed by atoms with Gasteiger partial charge in [0.2, 0.25) is 0 Å². The molecule has 2 N–H and O–H groups in total. The molecule has 1 aromatic carbocycles. The summed E-state index contributed by atoms with van der Waals surface area (Å²) in [6, 6.07) is 7.67. The molecule has 3 rings (SSSR count). The van der Waals surface area contributed by atoms with E-state index in [2.05, 4.69) is 25.1 Å². The first-order valence-corrected chi connectivity index (χ1v) is 11.3. The Labute approximate surface area is 180 Å². The Morgan fingerprint density at radius 3 is 2.53 bits per heavy atom. The molecule has 0 aromatic heterocycles. The van der Waals surface area contributed by atoms with Crippen LogP contribution in [0.5, 0.6) is 5.75 Å². The quantitative estimate of drug-likeness (QED) is 0.418. The number of esters is 1. The van der Waals surface area contributed by atoms with Gasteiger partial charge in [-0.15, -0.1) is 0 Å². The van der Waals surface area contributed by atoms with Crippen LogP contribution in [-0.4, -0.2) is 44.2 Å². The summed E-state index contributed by atoms with van der Waals surface area (Å²) in [6.07, 6.45) is 8.15. The first-order chi connectivity index (χ1) is 14.4. The van der Waals surface area contributed by atoms with Gasteiger partial charge < -0.3 is 20.1 Å². The van der Waals surface area contributed by atoms with Crippen LogP contribution in [-0.2, 0) is 9.53 Å². The van der Waals surface area contributed by atoms with Crippen molar-refractivity contribution in [2.45, 2.75) is 63.7 Å². The van der Waals surface area contributed by atoms with Gasteiger partial charge in [-0.3, -0.25) is 4.79 Å². The molecule has 6 heteroatoms. The maximum Gasteiger partial charge on any atom is 0.521 e. The summed E-state index contributed by atoms with van der Waals surface area (Å²) in [5.41, 5.74) is 6.30. The predicted molar refractivity (Wildman–Crippen MR) is 116 cm³/mol. The van der Waals surface area contributed by atoms with E-state index >= 15 is 0 Å². The highest BCUT2D eigenvalue weighted by atomic mass is 16.7. The van der Waals surface area contributed by atoms with Crippen molar-refractivity contribution in [1.82, 2.24) is 4.90 Å². The van der Waals surface area contributed by atoms with Crippen LogP contribution in [0.25, 0.3) is 0 Å². The Balaban J connectivity index is 1.64. The molecule has 2 saturated carbocycles. The van der Waals surface area contributed by atoms with Gasteiger partial charge in [-0.2, -0.15) is 0 Å². The van der Waals surface area contributed by atoms with Crippen LogP contribution in [0.3, 0.4) is 0 Å². The number of rotatable bonds is 6. The molecule has 30 heavy (non-hydrogen) atoms. The highest BCUT2D eigenvalue weighted by Gasteiger charge is 2.41. The average molecular weight is 417 g/mol. The minimum absolute atomic E-state index is 0.198. The van der Waals surface area contributed by atoms with Gasteiger partial charge in [-0.25, -0.2) is 4.79 Å². The lowest BCUT2D eigenvalue weighted by Crippen LogP contribution is -2.42. The Kier molecular flexibility index (Phi) is 7.89. The third-order valence-corrected chi connectivity index (χ3v) is 6.81. The van der Waals surface area contributed by atoms with Crippen molar-refractivity contribution >= 4 is 12.1 Å². The molecule has 0 heterocycles. The first kappa shape index (κ1) is 22.8. The van der Waals surface area contributed by atoms with E-state index in [4.69, 9.17) is 15.2 Å². The molecular weight excluding hydrogens is 380 g/mol.